The van der Waals surface area contributed by atoms with Gasteiger partial charge in [0, 0.05) is 6.20 Å². The predicted molar refractivity (Wildman–Crippen MR) is 77.6 cm³/mol. The van der Waals surface area contributed by atoms with E-state index in [1.165, 1.54) is 4.52 Å². The third kappa shape index (κ3) is 2.05. The van der Waals surface area contributed by atoms with E-state index >= 15 is 0 Å². The lowest BCUT2D eigenvalue weighted by Gasteiger charge is -1.99. The van der Waals surface area contributed by atoms with E-state index in [0.717, 1.165) is 0 Å². The van der Waals surface area contributed by atoms with E-state index in [1.54, 1.807) is 12.3 Å². The largest absolute Gasteiger partial charge is 0.423 e. The summed E-state index contributed by atoms with van der Waals surface area (Å²) in [5.41, 5.74) is 0.586. The Kier molecular flexibility index (Phi) is 2.68. The van der Waals surface area contributed by atoms with Crippen molar-refractivity contribution in [2.75, 3.05) is 0 Å². The van der Waals surface area contributed by atoms with E-state index in [0.29, 0.717) is 27.7 Å². The summed E-state index contributed by atoms with van der Waals surface area (Å²) in [6.45, 7) is 0. The Morgan fingerprint density at radius 2 is 1.86 bits per heavy atom. The number of ether oxygens (including phenoxy) is 1. The summed E-state index contributed by atoms with van der Waals surface area (Å²) in [5.74, 6) is 0.994. The molecular formula is C14H8ClN5O. The minimum atomic E-state index is 0.197. The molecule has 3 heterocycles. The van der Waals surface area contributed by atoms with E-state index in [9.17, 15) is 0 Å². The smallest absolute Gasteiger partial charge is 0.343 e. The van der Waals surface area contributed by atoms with E-state index in [1.807, 2.05) is 36.4 Å². The maximum Gasteiger partial charge on any atom is 0.343 e. The molecule has 0 amide bonds. The Labute approximate surface area is 124 Å². The first-order chi connectivity index (χ1) is 10.3. The summed E-state index contributed by atoms with van der Waals surface area (Å²) in [6, 6.07) is 13.1. The van der Waals surface area contributed by atoms with Crippen LogP contribution in [0, 0.1) is 0 Å². The maximum atomic E-state index is 6.13. The van der Waals surface area contributed by atoms with Gasteiger partial charge in [0.15, 0.2) is 5.65 Å². The topological polar surface area (TPSA) is 65.2 Å². The van der Waals surface area contributed by atoms with Crippen molar-refractivity contribution >= 4 is 28.4 Å². The molecular weight excluding hydrogens is 290 g/mol. The Balaban J connectivity index is 1.88. The van der Waals surface area contributed by atoms with Crippen LogP contribution in [-0.2, 0) is 0 Å². The first kappa shape index (κ1) is 12.0. The number of halogens is 1. The normalized spacial score (nSPS) is 11.1. The number of fused-ring (bicyclic) bond motifs is 3. The number of para-hydroxylation sites is 1. The molecule has 0 radical (unpaired) electrons. The molecule has 0 fully saturated rings. The number of benzene rings is 1. The van der Waals surface area contributed by atoms with Crippen molar-refractivity contribution in [3.8, 4) is 11.8 Å². The number of hydrogen-bond acceptors (Lipinski definition) is 5. The third-order valence-corrected chi connectivity index (χ3v) is 3.22. The second-order valence-electron chi connectivity index (χ2n) is 4.30. The molecule has 0 saturated carbocycles. The van der Waals surface area contributed by atoms with Crippen molar-refractivity contribution in [3.05, 3.63) is 53.8 Å². The zero-order chi connectivity index (χ0) is 14.2. The fourth-order valence-corrected chi connectivity index (χ4v) is 2.24. The van der Waals surface area contributed by atoms with Crippen molar-refractivity contribution in [1.82, 2.24) is 24.6 Å². The quantitative estimate of drug-likeness (QED) is 0.532. The third-order valence-electron chi connectivity index (χ3n) is 2.93. The van der Waals surface area contributed by atoms with Crippen molar-refractivity contribution in [1.29, 1.82) is 0 Å². The monoisotopic (exact) mass is 297 g/mol. The summed E-state index contributed by atoms with van der Waals surface area (Å²) < 4.78 is 7.11. The van der Waals surface area contributed by atoms with Gasteiger partial charge in [0.1, 0.15) is 10.9 Å². The summed E-state index contributed by atoms with van der Waals surface area (Å²) in [5, 5.41) is 5.33. The molecule has 0 aliphatic heterocycles. The molecule has 0 aliphatic rings. The number of hydrogen-bond donors (Lipinski definition) is 0. The first-order valence-electron chi connectivity index (χ1n) is 6.21. The molecule has 102 valence electrons. The molecule has 0 unspecified atom stereocenters. The maximum absolute atomic E-state index is 6.13. The fraction of sp³-hybridized carbons (Fsp3) is 0. The van der Waals surface area contributed by atoms with Gasteiger partial charge in [-0.15, -0.1) is 5.10 Å². The second-order valence-corrected chi connectivity index (χ2v) is 4.66. The highest BCUT2D eigenvalue weighted by Crippen LogP contribution is 2.23. The second kappa shape index (κ2) is 4.68. The molecule has 0 atom stereocenters. The Hall–Kier alpha value is -2.73. The Bertz CT molecular complexity index is 938. The van der Waals surface area contributed by atoms with Crippen LogP contribution in [0.2, 0.25) is 5.15 Å². The van der Waals surface area contributed by atoms with Gasteiger partial charge in [0.2, 0.25) is 0 Å². The van der Waals surface area contributed by atoms with Gasteiger partial charge in [-0.05, 0) is 24.3 Å². The summed E-state index contributed by atoms with van der Waals surface area (Å²) >= 11 is 6.13. The van der Waals surface area contributed by atoms with Crippen LogP contribution in [0.5, 0.6) is 11.8 Å². The lowest BCUT2D eigenvalue weighted by Crippen LogP contribution is -1.96. The van der Waals surface area contributed by atoms with Gasteiger partial charge < -0.3 is 4.74 Å². The molecule has 7 heteroatoms. The minimum Gasteiger partial charge on any atom is -0.423 e. The van der Waals surface area contributed by atoms with Crippen molar-refractivity contribution < 1.29 is 4.74 Å². The summed E-state index contributed by atoms with van der Waals surface area (Å²) in [6.07, 6.45) is 1.66. The number of aromatic nitrogens is 5. The van der Waals surface area contributed by atoms with Crippen molar-refractivity contribution in [3.63, 3.8) is 0 Å². The van der Waals surface area contributed by atoms with Gasteiger partial charge in [-0.3, -0.25) is 0 Å². The molecule has 0 spiro atoms. The van der Waals surface area contributed by atoms with Crippen molar-refractivity contribution in [2.45, 2.75) is 0 Å². The van der Waals surface area contributed by atoms with Gasteiger partial charge >= 0.3 is 6.01 Å². The zero-order valence-electron chi connectivity index (χ0n) is 10.6. The Morgan fingerprint density at radius 1 is 1.00 bits per heavy atom. The SMILES string of the molecule is Clc1nc2nc(Oc3ccccc3)nn2c2ncccc12. The Morgan fingerprint density at radius 3 is 2.71 bits per heavy atom. The molecule has 4 aromatic rings. The lowest BCUT2D eigenvalue weighted by molar-refractivity contribution is 0.443. The zero-order valence-corrected chi connectivity index (χ0v) is 11.4. The highest BCUT2D eigenvalue weighted by Gasteiger charge is 2.13. The average Bonchev–Trinajstić information content (AvgIpc) is 2.91. The van der Waals surface area contributed by atoms with E-state index in [2.05, 4.69) is 20.1 Å². The molecule has 6 nitrogen and oxygen atoms in total. The van der Waals surface area contributed by atoms with Gasteiger partial charge in [-0.25, -0.2) is 4.98 Å². The minimum absolute atomic E-state index is 0.197. The molecule has 1 aromatic carbocycles. The van der Waals surface area contributed by atoms with Crippen LogP contribution in [0.4, 0.5) is 0 Å². The van der Waals surface area contributed by atoms with Gasteiger partial charge in [-0.1, -0.05) is 29.8 Å². The van der Waals surface area contributed by atoms with Crippen LogP contribution in [0.25, 0.3) is 16.8 Å². The van der Waals surface area contributed by atoms with E-state index in [-0.39, 0.29) is 6.01 Å². The fourth-order valence-electron chi connectivity index (χ4n) is 2.01. The first-order valence-corrected chi connectivity index (χ1v) is 6.59. The standard InChI is InChI=1S/C14H8ClN5O/c15-11-10-7-4-8-16-12(10)20-13(17-11)18-14(19-20)21-9-5-2-1-3-6-9/h1-8H. The predicted octanol–water partition coefficient (Wildman–Crippen LogP) is 3.12. The van der Waals surface area contributed by atoms with Crippen LogP contribution in [-0.4, -0.2) is 24.6 Å². The molecule has 3 aromatic heterocycles. The van der Waals surface area contributed by atoms with Gasteiger partial charge in [0.25, 0.3) is 5.78 Å². The van der Waals surface area contributed by atoms with E-state index < -0.39 is 0 Å². The number of rotatable bonds is 2. The van der Waals surface area contributed by atoms with E-state index in [4.69, 9.17) is 16.3 Å². The molecule has 0 aliphatic carbocycles. The van der Waals surface area contributed by atoms with Crippen molar-refractivity contribution in [2.24, 2.45) is 0 Å². The lowest BCUT2D eigenvalue weighted by atomic mass is 10.3. The van der Waals surface area contributed by atoms with Crippen LogP contribution in [0.3, 0.4) is 0 Å². The molecule has 21 heavy (non-hydrogen) atoms. The van der Waals surface area contributed by atoms with Gasteiger partial charge in [-0.2, -0.15) is 14.5 Å². The van der Waals surface area contributed by atoms with Crippen LogP contribution in [0.15, 0.2) is 48.7 Å². The molecule has 0 bridgehead atoms. The number of pyridine rings is 1. The summed E-state index contributed by atoms with van der Waals surface area (Å²) in [7, 11) is 0. The molecule has 0 saturated heterocycles. The van der Waals surface area contributed by atoms with Crippen LogP contribution in [0.1, 0.15) is 0 Å². The van der Waals surface area contributed by atoms with Gasteiger partial charge in [0.05, 0.1) is 5.39 Å². The molecule has 0 N–H and O–H groups in total. The summed E-state index contributed by atoms with van der Waals surface area (Å²) in [4.78, 5) is 12.7. The number of nitrogens with zero attached hydrogens (tertiary/aromatic N) is 5. The molecule has 4 rings (SSSR count). The highest BCUT2D eigenvalue weighted by molar-refractivity contribution is 6.34. The highest BCUT2D eigenvalue weighted by atomic mass is 35.5. The van der Waals surface area contributed by atoms with Crippen LogP contribution < -0.4 is 4.74 Å². The van der Waals surface area contributed by atoms with Crippen LogP contribution >= 0.6 is 11.6 Å². The average molecular weight is 298 g/mol.